The lowest BCUT2D eigenvalue weighted by molar-refractivity contribution is -0.384. The summed E-state index contributed by atoms with van der Waals surface area (Å²) in [6, 6.07) is 5.53. The van der Waals surface area contributed by atoms with Gasteiger partial charge in [-0.25, -0.2) is 0 Å². The number of nitro benzene ring substituents is 1. The molecule has 1 unspecified atom stereocenters. The van der Waals surface area contributed by atoms with Crippen molar-refractivity contribution >= 4 is 29.7 Å². The number of non-ortho nitro benzene ring substituents is 1. The molecule has 1 rings (SSSR count). The highest BCUT2D eigenvalue weighted by molar-refractivity contribution is 5.91. The van der Waals surface area contributed by atoms with Gasteiger partial charge in [0.2, 0.25) is 5.91 Å². The first kappa shape index (κ1) is 15.3. The molecule has 94 valence electrons. The molecular weight excluding hydrogens is 246 g/mol. The first-order chi connectivity index (χ1) is 7.49. The number of hydrogen-bond donors (Lipinski definition) is 2. The minimum absolute atomic E-state index is 0. The van der Waals surface area contributed by atoms with Gasteiger partial charge < -0.3 is 11.1 Å². The molecule has 0 aliphatic carbocycles. The smallest absolute Gasteiger partial charge is 0.271 e. The molecule has 0 aliphatic heterocycles. The molecule has 1 aromatic rings. The summed E-state index contributed by atoms with van der Waals surface area (Å²) in [6.45, 7) is 1.72. The van der Waals surface area contributed by atoms with E-state index in [1.54, 1.807) is 13.0 Å². The van der Waals surface area contributed by atoms with E-state index in [2.05, 4.69) is 5.32 Å². The Bertz CT molecular complexity index is 410. The topological polar surface area (TPSA) is 98.3 Å². The fourth-order valence-electron chi connectivity index (χ4n) is 1.20. The van der Waals surface area contributed by atoms with Gasteiger partial charge in [0.15, 0.2) is 0 Å². The molecule has 0 saturated carbocycles. The molecule has 17 heavy (non-hydrogen) atoms. The molecule has 1 aromatic carbocycles. The van der Waals surface area contributed by atoms with Crippen molar-refractivity contribution in [3.8, 4) is 0 Å². The quantitative estimate of drug-likeness (QED) is 0.635. The number of nitro groups is 1. The number of carbonyl (C=O) groups is 1. The third-order valence-corrected chi connectivity index (χ3v) is 1.85. The number of hydrogen-bond acceptors (Lipinski definition) is 4. The fourth-order valence-corrected chi connectivity index (χ4v) is 1.20. The van der Waals surface area contributed by atoms with Crippen LogP contribution in [0.5, 0.6) is 0 Å². The zero-order valence-corrected chi connectivity index (χ0v) is 10.1. The van der Waals surface area contributed by atoms with Crippen LogP contribution in [0, 0.1) is 10.1 Å². The second-order valence-electron chi connectivity index (χ2n) is 3.54. The van der Waals surface area contributed by atoms with Crippen molar-refractivity contribution in [2.45, 2.75) is 19.4 Å². The molecular formula is C10H14ClN3O3. The number of nitrogens with one attached hydrogen (secondary N) is 1. The van der Waals surface area contributed by atoms with Crippen LogP contribution in [0.2, 0.25) is 0 Å². The Kier molecular flexibility index (Phi) is 6.16. The van der Waals surface area contributed by atoms with Gasteiger partial charge in [-0.1, -0.05) is 6.07 Å². The van der Waals surface area contributed by atoms with Crippen molar-refractivity contribution in [3.05, 3.63) is 34.4 Å². The lowest BCUT2D eigenvalue weighted by Gasteiger charge is -2.06. The molecule has 0 spiro atoms. The lowest BCUT2D eigenvalue weighted by Crippen LogP contribution is -2.23. The summed E-state index contributed by atoms with van der Waals surface area (Å²) in [7, 11) is 0. The standard InChI is InChI=1S/C10H13N3O3.ClH/c1-7(11)5-10(14)12-8-3-2-4-9(6-8)13(15)16;/h2-4,6-7H,5,11H2,1H3,(H,12,14);1H. The molecule has 0 aromatic heterocycles. The first-order valence-corrected chi connectivity index (χ1v) is 4.79. The predicted molar refractivity (Wildman–Crippen MR) is 67.2 cm³/mol. The second-order valence-corrected chi connectivity index (χ2v) is 3.54. The molecule has 0 aliphatic rings. The van der Waals surface area contributed by atoms with E-state index in [1.807, 2.05) is 0 Å². The van der Waals surface area contributed by atoms with Crippen LogP contribution in [0.25, 0.3) is 0 Å². The van der Waals surface area contributed by atoms with Gasteiger partial charge in [-0.15, -0.1) is 12.4 Å². The summed E-state index contributed by atoms with van der Waals surface area (Å²) < 4.78 is 0. The minimum atomic E-state index is -0.513. The molecule has 0 heterocycles. The zero-order chi connectivity index (χ0) is 12.1. The molecule has 6 nitrogen and oxygen atoms in total. The van der Waals surface area contributed by atoms with E-state index in [-0.39, 0.29) is 36.5 Å². The number of amides is 1. The van der Waals surface area contributed by atoms with Crippen LogP contribution in [0.3, 0.4) is 0 Å². The highest BCUT2D eigenvalue weighted by atomic mass is 35.5. The predicted octanol–water partition coefficient (Wildman–Crippen LogP) is 1.69. The van der Waals surface area contributed by atoms with Crippen molar-refractivity contribution in [3.63, 3.8) is 0 Å². The average Bonchev–Trinajstić information content (AvgIpc) is 2.16. The van der Waals surface area contributed by atoms with Crippen LogP contribution < -0.4 is 11.1 Å². The summed E-state index contributed by atoms with van der Waals surface area (Å²) in [5, 5.41) is 13.0. The van der Waals surface area contributed by atoms with Crippen molar-refractivity contribution in [2.75, 3.05) is 5.32 Å². The Morgan fingerprint density at radius 1 is 1.59 bits per heavy atom. The Morgan fingerprint density at radius 2 is 2.24 bits per heavy atom. The van der Waals surface area contributed by atoms with Crippen molar-refractivity contribution in [1.82, 2.24) is 0 Å². The van der Waals surface area contributed by atoms with Crippen LogP contribution in [-0.4, -0.2) is 16.9 Å². The summed E-state index contributed by atoms with van der Waals surface area (Å²) in [5.41, 5.74) is 5.80. The van der Waals surface area contributed by atoms with E-state index in [0.29, 0.717) is 5.69 Å². The average molecular weight is 260 g/mol. The second kappa shape index (κ2) is 6.82. The van der Waals surface area contributed by atoms with Crippen LogP contribution in [0.15, 0.2) is 24.3 Å². The number of rotatable bonds is 4. The van der Waals surface area contributed by atoms with Gasteiger partial charge in [0.05, 0.1) is 4.92 Å². The molecule has 0 radical (unpaired) electrons. The first-order valence-electron chi connectivity index (χ1n) is 4.79. The van der Waals surface area contributed by atoms with Gasteiger partial charge in [0, 0.05) is 30.3 Å². The van der Waals surface area contributed by atoms with Gasteiger partial charge in [-0.05, 0) is 13.0 Å². The number of anilines is 1. The van der Waals surface area contributed by atoms with E-state index in [1.165, 1.54) is 18.2 Å². The third kappa shape index (κ3) is 5.28. The largest absolute Gasteiger partial charge is 0.327 e. The van der Waals surface area contributed by atoms with E-state index in [0.717, 1.165) is 0 Å². The van der Waals surface area contributed by atoms with Crippen LogP contribution in [-0.2, 0) is 4.79 Å². The van der Waals surface area contributed by atoms with Gasteiger partial charge in [-0.3, -0.25) is 14.9 Å². The Hall–Kier alpha value is -1.66. The zero-order valence-electron chi connectivity index (χ0n) is 9.25. The fraction of sp³-hybridized carbons (Fsp3) is 0.300. The highest BCUT2D eigenvalue weighted by Crippen LogP contribution is 2.17. The maximum absolute atomic E-state index is 11.3. The molecule has 7 heteroatoms. The van der Waals surface area contributed by atoms with Crippen molar-refractivity contribution in [2.24, 2.45) is 5.73 Å². The number of carbonyl (C=O) groups excluding carboxylic acids is 1. The van der Waals surface area contributed by atoms with E-state index < -0.39 is 4.92 Å². The highest BCUT2D eigenvalue weighted by Gasteiger charge is 2.09. The maximum Gasteiger partial charge on any atom is 0.271 e. The Labute approximate surface area is 105 Å². The van der Waals surface area contributed by atoms with Gasteiger partial charge in [0.1, 0.15) is 0 Å². The number of halogens is 1. The molecule has 0 fully saturated rings. The van der Waals surface area contributed by atoms with Crippen LogP contribution in [0.4, 0.5) is 11.4 Å². The third-order valence-electron chi connectivity index (χ3n) is 1.85. The van der Waals surface area contributed by atoms with Crippen LogP contribution in [0.1, 0.15) is 13.3 Å². The number of nitrogens with zero attached hydrogens (tertiary/aromatic N) is 1. The molecule has 3 N–H and O–H groups in total. The summed E-state index contributed by atoms with van der Waals surface area (Å²) >= 11 is 0. The minimum Gasteiger partial charge on any atom is -0.327 e. The lowest BCUT2D eigenvalue weighted by atomic mass is 10.2. The van der Waals surface area contributed by atoms with Gasteiger partial charge in [0.25, 0.3) is 5.69 Å². The summed E-state index contributed by atoms with van der Waals surface area (Å²) in [4.78, 5) is 21.3. The summed E-state index contributed by atoms with van der Waals surface area (Å²) in [5.74, 6) is -0.254. The van der Waals surface area contributed by atoms with Gasteiger partial charge in [-0.2, -0.15) is 0 Å². The molecule has 0 bridgehead atoms. The van der Waals surface area contributed by atoms with Crippen molar-refractivity contribution in [1.29, 1.82) is 0 Å². The van der Waals surface area contributed by atoms with Crippen molar-refractivity contribution < 1.29 is 9.72 Å². The number of nitrogens with two attached hydrogens (primary N) is 1. The van der Waals surface area contributed by atoms with Gasteiger partial charge >= 0.3 is 0 Å². The van der Waals surface area contributed by atoms with E-state index in [9.17, 15) is 14.9 Å². The van der Waals surface area contributed by atoms with E-state index in [4.69, 9.17) is 5.73 Å². The molecule has 1 atom stereocenters. The maximum atomic E-state index is 11.3. The normalized spacial score (nSPS) is 11.2. The summed E-state index contributed by atoms with van der Waals surface area (Å²) in [6.07, 6.45) is 0.183. The monoisotopic (exact) mass is 259 g/mol. The SMILES string of the molecule is CC(N)CC(=O)Nc1cccc([N+](=O)[O-])c1.Cl. The van der Waals surface area contributed by atoms with E-state index >= 15 is 0 Å². The number of benzene rings is 1. The molecule has 0 saturated heterocycles. The Morgan fingerprint density at radius 3 is 2.76 bits per heavy atom. The van der Waals surface area contributed by atoms with Crippen LogP contribution >= 0.6 is 12.4 Å². The Balaban J connectivity index is 0.00000256. The molecule has 1 amide bonds.